The maximum atomic E-state index is 10.7. The van der Waals surface area contributed by atoms with Gasteiger partial charge in [-0.05, 0) is 53.6 Å². The van der Waals surface area contributed by atoms with Crippen LogP contribution in [0.4, 0.5) is 5.69 Å². The summed E-state index contributed by atoms with van der Waals surface area (Å²) < 4.78 is 20.6. The first-order valence-electron chi connectivity index (χ1n) is 4.14. The van der Waals surface area contributed by atoms with E-state index in [1.54, 1.807) is 6.92 Å². The topological polar surface area (TPSA) is 63.3 Å². The van der Waals surface area contributed by atoms with Crippen molar-refractivity contribution in [3.05, 3.63) is 27.3 Å². The second kappa shape index (κ2) is 5.09. The van der Waals surface area contributed by atoms with Crippen molar-refractivity contribution in [2.75, 3.05) is 5.73 Å². The van der Waals surface area contributed by atoms with Crippen LogP contribution in [0.3, 0.4) is 0 Å². The van der Waals surface area contributed by atoms with Gasteiger partial charge in [0.1, 0.15) is 0 Å². The van der Waals surface area contributed by atoms with Crippen LogP contribution in [0.25, 0.3) is 0 Å². The minimum Gasteiger partial charge on any atom is -0.398 e. The van der Waals surface area contributed by atoms with Gasteiger partial charge in [-0.25, -0.2) is 4.21 Å². The fraction of sp³-hybridized carbons (Fsp3) is 0.333. The first-order chi connectivity index (χ1) is 6.50. The molecule has 0 fully saturated rings. The molecule has 0 saturated carbocycles. The Labute approximate surface area is 99.5 Å². The quantitative estimate of drug-likeness (QED) is 0.508. The van der Waals surface area contributed by atoms with E-state index in [2.05, 4.69) is 22.6 Å². The molecular formula is C9H12INO2S. The number of benzene rings is 1. The van der Waals surface area contributed by atoms with Gasteiger partial charge in [0.05, 0.1) is 5.25 Å². The second-order valence-corrected chi connectivity index (χ2v) is 5.67. The Morgan fingerprint density at radius 1 is 1.64 bits per heavy atom. The van der Waals surface area contributed by atoms with Crippen molar-refractivity contribution < 1.29 is 8.76 Å². The summed E-state index contributed by atoms with van der Waals surface area (Å²) in [5.41, 5.74) is 7.45. The van der Waals surface area contributed by atoms with Crippen LogP contribution in [0.5, 0.6) is 0 Å². The lowest BCUT2D eigenvalue weighted by atomic mass is 10.1. The first kappa shape index (κ1) is 11.9. The molecule has 0 bridgehead atoms. The minimum absolute atomic E-state index is 0.241. The van der Waals surface area contributed by atoms with E-state index in [1.807, 2.05) is 18.2 Å². The zero-order valence-corrected chi connectivity index (χ0v) is 10.7. The summed E-state index contributed by atoms with van der Waals surface area (Å²) in [6.45, 7) is 1.75. The zero-order chi connectivity index (χ0) is 10.7. The number of nitrogen functional groups attached to an aromatic ring is 1. The second-order valence-electron chi connectivity index (χ2n) is 3.15. The smallest absolute Gasteiger partial charge is 0.156 e. The molecule has 0 saturated heterocycles. The predicted octanol–water partition coefficient (Wildman–Crippen LogP) is 2.03. The van der Waals surface area contributed by atoms with Gasteiger partial charge in [-0.15, -0.1) is 0 Å². The molecule has 0 aromatic heterocycles. The van der Waals surface area contributed by atoms with Gasteiger partial charge in [0.2, 0.25) is 0 Å². The largest absolute Gasteiger partial charge is 0.398 e. The molecule has 0 aliphatic heterocycles. The van der Waals surface area contributed by atoms with E-state index in [-0.39, 0.29) is 5.25 Å². The molecule has 2 unspecified atom stereocenters. The Balaban J connectivity index is 2.78. The maximum Gasteiger partial charge on any atom is 0.156 e. The fourth-order valence-electron chi connectivity index (χ4n) is 1.10. The molecule has 0 radical (unpaired) electrons. The summed E-state index contributed by atoms with van der Waals surface area (Å²) in [6, 6.07) is 5.66. The third kappa shape index (κ3) is 3.21. The maximum absolute atomic E-state index is 10.7. The predicted molar refractivity (Wildman–Crippen MR) is 67.5 cm³/mol. The van der Waals surface area contributed by atoms with Crippen LogP contribution in [0.1, 0.15) is 12.5 Å². The lowest BCUT2D eigenvalue weighted by molar-refractivity contribution is 0.550. The first-order valence-corrected chi connectivity index (χ1v) is 6.39. The molecule has 5 heteroatoms. The Bertz CT molecular complexity index is 357. The summed E-state index contributed by atoms with van der Waals surface area (Å²) in [6.07, 6.45) is 0.597. The summed E-state index contributed by atoms with van der Waals surface area (Å²) in [5.74, 6) is 0. The number of hydrogen-bond donors (Lipinski definition) is 2. The van der Waals surface area contributed by atoms with Gasteiger partial charge in [0.25, 0.3) is 0 Å². The molecule has 0 amide bonds. The average Bonchev–Trinajstić information content (AvgIpc) is 2.11. The van der Waals surface area contributed by atoms with E-state index in [0.717, 1.165) is 14.8 Å². The molecular weight excluding hydrogens is 313 g/mol. The minimum atomic E-state index is -1.76. The van der Waals surface area contributed by atoms with Crippen LogP contribution in [0, 0.1) is 3.57 Å². The van der Waals surface area contributed by atoms with Crippen LogP contribution in [-0.4, -0.2) is 14.0 Å². The molecule has 1 rings (SSSR count). The molecule has 3 nitrogen and oxygen atoms in total. The lowest BCUT2D eigenvalue weighted by Crippen LogP contribution is -2.13. The SMILES string of the molecule is CC(Cc1ccc(N)c(I)c1)S(=O)O. The summed E-state index contributed by atoms with van der Waals surface area (Å²) in [4.78, 5) is 0. The van der Waals surface area contributed by atoms with E-state index in [9.17, 15) is 4.21 Å². The molecule has 1 aromatic rings. The van der Waals surface area contributed by atoms with Crippen molar-refractivity contribution in [1.29, 1.82) is 0 Å². The summed E-state index contributed by atoms with van der Waals surface area (Å²) in [7, 11) is 0. The van der Waals surface area contributed by atoms with Crippen LogP contribution in [0.2, 0.25) is 0 Å². The number of nitrogens with two attached hydrogens (primary N) is 1. The van der Waals surface area contributed by atoms with E-state index in [1.165, 1.54) is 0 Å². The third-order valence-electron chi connectivity index (χ3n) is 1.93. The van der Waals surface area contributed by atoms with Crippen LogP contribution < -0.4 is 5.73 Å². The normalized spacial score (nSPS) is 15.1. The summed E-state index contributed by atoms with van der Waals surface area (Å²) in [5, 5.41) is -0.241. The standard InChI is InChI=1S/C9H12INO2S/c1-6(14(12)13)4-7-2-3-9(11)8(10)5-7/h2-3,5-6H,4,11H2,1H3,(H,12,13). The molecule has 0 aliphatic carbocycles. The molecule has 3 N–H and O–H groups in total. The highest BCUT2D eigenvalue weighted by Gasteiger charge is 2.09. The number of halogens is 1. The van der Waals surface area contributed by atoms with Crippen molar-refractivity contribution in [2.45, 2.75) is 18.6 Å². The Morgan fingerprint density at radius 2 is 2.29 bits per heavy atom. The van der Waals surface area contributed by atoms with Crippen LogP contribution in [0.15, 0.2) is 18.2 Å². The highest BCUT2D eigenvalue weighted by atomic mass is 127. The number of hydrogen-bond acceptors (Lipinski definition) is 2. The highest BCUT2D eigenvalue weighted by molar-refractivity contribution is 14.1. The molecule has 0 heterocycles. The Hall–Kier alpha value is -0.140. The molecule has 1 aromatic carbocycles. The van der Waals surface area contributed by atoms with Crippen molar-refractivity contribution in [3.8, 4) is 0 Å². The van der Waals surface area contributed by atoms with Crippen molar-refractivity contribution in [2.24, 2.45) is 0 Å². The number of rotatable bonds is 3. The molecule has 0 spiro atoms. The van der Waals surface area contributed by atoms with Gasteiger partial charge in [0, 0.05) is 9.26 Å². The highest BCUT2D eigenvalue weighted by Crippen LogP contribution is 2.17. The van der Waals surface area contributed by atoms with Gasteiger partial charge in [-0.2, -0.15) is 0 Å². The van der Waals surface area contributed by atoms with Crippen molar-refractivity contribution in [1.82, 2.24) is 0 Å². The molecule has 2 atom stereocenters. The lowest BCUT2D eigenvalue weighted by Gasteiger charge is -2.08. The van der Waals surface area contributed by atoms with E-state index < -0.39 is 11.1 Å². The average molecular weight is 325 g/mol. The molecule has 14 heavy (non-hydrogen) atoms. The zero-order valence-electron chi connectivity index (χ0n) is 7.74. The van der Waals surface area contributed by atoms with Crippen LogP contribution in [-0.2, 0) is 17.5 Å². The van der Waals surface area contributed by atoms with Gasteiger partial charge in [-0.1, -0.05) is 6.07 Å². The fourth-order valence-corrected chi connectivity index (χ4v) is 2.02. The molecule has 78 valence electrons. The van der Waals surface area contributed by atoms with Gasteiger partial charge in [0.15, 0.2) is 11.1 Å². The van der Waals surface area contributed by atoms with Crippen molar-refractivity contribution >= 4 is 39.4 Å². The van der Waals surface area contributed by atoms with Crippen molar-refractivity contribution in [3.63, 3.8) is 0 Å². The number of anilines is 1. The van der Waals surface area contributed by atoms with Gasteiger partial charge in [-0.3, -0.25) is 0 Å². The molecule has 0 aliphatic rings. The van der Waals surface area contributed by atoms with E-state index >= 15 is 0 Å². The monoisotopic (exact) mass is 325 g/mol. The van der Waals surface area contributed by atoms with Crippen LogP contribution >= 0.6 is 22.6 Å². The Morgan fingerprint density at radius 3 is 2.79 bits per heavy atom. The van der Waals surface area contributed by atoms with Gasteiger partial charge < -0.3 is 10.3 Å². The Kier molecular flexibility index (Phi) is 4.33. The van der Waals surface area contributed by atoms with Gasteiger partial charge >= 0.3 is 0 Å². The summed E-state index contributed by atoms with van der Waals surface area (Å²) >= 11 is 0.394. The van der Waals surface area contributed by atoms with E-state index in [4.69, 9.17) is 10.3 Å². The van der Waals surface area contributed by atoms with E-state index in [0.29, 0.717) is 6.42 Å². The third-order valence-corrected chi connectivity index (χ3v) is 3.72.